The van der Waals surface area contributed by atoms with E-state index in [4.69, 9.17) is 34.8 Å². The molecule has 24 heavy (non-hydrogen) atoms. The van der Waals surface area contributed by atoms with Gasteiger partial charge < -0.3 is 15.1 Å². The molecule has 4 nitrogen and oxygen atoms in total. The van der Waals surface area contributed by atoms with Gasteiger partial charge in [-0.3, -0.25) is 0 Å². The first-order valence-corrected chi connectivity index (χ1v) is 8.96. The van der Waals surface area contributed by atoms with E-state index in [1.807, 2.05) is 0 Å². The largest absolute Gasteiger partial charge is 0.327 e. The number of urea groups is 1. The predicted molar refractivity (Wildman–Crippen MR) is 96.4 cm³/mol. The normalized spacial score (nSPS) is 17.7. The molecule has 1 aliphatic rings. The number of alkyl halides is 3. The molecule has 0 aromatic heterocycles. The van der Waals surface area contributed by atoms with Gasteiger partial charge in [-0.05, 0) is 30.7 Å². The van der Waals surface area contributed by atoms with Gasteiger partial charge in [0.25, 0.3) is 0 Å². The van der Waals surface area contributed by atoms with E-state index in [1.54, 1.807) is 24.0 Å². The predicted octanol–water partition coefficient (Wildman–Crippen LogP) is 3.89. The number of nitrogens with one attached hydrogen (secondary N) is 1. The van der Waals surface area contributed by atoms with E-state index in [-0.39, 0.29) is 6.03 Å². The Bertz CT molecular complexity index is 586. The Kier molecular flexibility index (Phi) is 6.59. The van der Waals surface area contributed by atoms with Crippen molar-refractivity contribution < 1.29 is 9.18 Å². The molecule has 1 N–H and O–H groups in total. The lowest BCUT2D eigenvalue weighted by molar-refractivity contribution is 0.140. The van der Waals surface area contributed by atoms with Crippen molar-refractivity contribution in [2.45, 2.75) is 23.7 Å². The molecule has 0 spiro atoms. The lowest BCUT2D eigenvalue weighted by atomic mass is 10.1. The first-order valence-electron chi connectivity index (χ1n) is 7.83. The van der Waals surface area contributed by atoms with Crippen LogP contribution in [0.4, 0.5) is 9.18 Å². The first-order chi connectivity index (χ1) is 11.2. The van der Waals surface area contributed by atoms with Gasteiger partial charge in [-0.25, -0.2) is 9.18 Å². The van der Waals surface area contributed by atoms with Crippen molar-refractivity contribution in [2.24, 2.45) is 0 Å². The molecule has 1 atom stereocenters. The molecule has 1 saturated heterocycles. The molecule has 2 amide bonds. The van der Waals surface area contributed by atoms with Gasteiger partial charge in [0.1, 0.15) is 11.9 Å². The molecule has 134 valence electrons. The number of benzene rings is 1. The average molecular weight is 397 g/mol. The van der Waals surface area contributed by atoms with Crippen LogP contribution in [0.2, 0.25) is 0 Å². The smallest absolute Gasteiger partial charge is 0.318 e. The Morgan fingerprint density at radius 1 is 1.29 bits per heavy atom. The van der Waals surface area contributed by atoms with Gasteiger partial charge in [0.15, 0.2) is 0 Å². The van der Waals surface area contributed by atoms with E-state index < -0.39 is 15.7 Å². The van der Waals surface area contributed by atoms with Gasteiger partial charge in [0.2, 0.25) is 3.79 Å². The fraction of sp³-hybridized carbons (Fsp3) is 0.562. The zero-order chi connectivity index (χ0) is 17.9. The van der Waals surface area contributed by atoms with Crippen molar-refractivity contribution >= 4 is 40.8 Å². The fourth-order valence-corrected chi connectivity index (χ4v) is 3.17. The summed E-state index contributed by atoms with van der Waals surface area (Å²) in [6.07, 6.45) is 0. The van der Waals surface area contributed by atoms with Crippen LogP contribution in [0.15, 0.2) is 18.2 Å². The number of nitrogens with zero attached hydrogens (tertiary/aromatic N) is 2. The average Bonchev–Trinajstić information content (AvgIpc) is 2.54. The standard InChI is InChI=1S/C16H21Cl3FN3O/c1-3-22-6-8-23(9-7-22)15(24)21-14(16(17,18)19)12-5-4-11(2)13(20)10-12/h4-5,10,14H,3,6-9H2,1-2H3,(H,21,24)/t14-/m1/s1. The van der Waals surface area contributed by atoms with Crippen molar-refractivity contribution in [1.29, 1.82) is 0 Å². The summed E-state index contributed by atoms with van der Waals surface area (Å²) in [5.41, 5.74) is 0.905. The number of hydrogen-bond acceptors (Lipinski definition) is 2. The van der Waals surface area contributed by atoms with Crippen LogP contribution in [0.5, 0.6) is 0 Å². The molecule has 0 bridgehead atoms. The molecule has 1 aliphatic heterocycles. The molecular weight excluding hydrogens is 376 g/mol. The minimum atomic E-state index is -1.79. The van der Waals surface area contributed by atoms with Crippen molar-refractivity contribution in [3.63, 3.8) is 0 Å². The van der Waals surface area contributed by atoms with E-state index in [0.29, 0.717) is 24.2 Å². The van der Waals surface area contributed by atoms with Crippen LogP contribution in [0.1, 0.15) is 24.1 Å². The molecule has 1 aromatic carbocycles. The van der Waals surface area contributed by atoms with Crippen LogP contribution in [0, 0.1) is 12.7 Å². The Hall–Kier alpha value is -0.750. The first kappa shape index (κ1) is 19.6. The van der Waals surface area contributed by atoms with E-state index in [2.05, 4.69) is 17.1 Å². The third-order valence-corrected chi connectivity index (χ3v) is 4.89. The van der Waals surface area contributed by atoms with Crippen molar-refractivity contribution in [3.8, 4) is 0 Å². The van der Waals surface area contributed by atoms with Gasteiger partial charge in [0, 0.05) is 26.2 Å². The molecule has 0 saturated carbocycles. The number of likely N-dealkylation sites (N-methyl/N-ethyl adjacent to an activating group) is 1. The number of carbonyl (C=O) groups is 1. The molecule has 1 fully saturated rings. The minimum absolute atomic E-state index is 0.317. The zero-order valence-electron chi connectivity index (χ0n) is 13.7. The molecular formula is C16H21Cl3FN3O. The molecule has 0 aliphatic carbocycles. The Balaban J connectivity index is 2.12. The third-order valence-electron chi connectivity index (χ3n) is 4.23. The van der Waals surface area contributed by atoms with Gasteiger partial charge in [-0.15, -0.1) is 0 Å². The van der Waals surface area contributed by atoms with E-state index in [0.717, 1.165) is 19.6 Å². The summed E-state index contributed by atoms with van der Waals surface area (Å²) in [6.45, 7) is 7.51. The molecule has 2 rings (SSSR count). The summed E-state index contributed by atoms with van der Waals surface area (Å²) in [5.74, 6) is -0.405. The monoisotopic (exact) mass is 395 g/mol. The second kappa shape index (κ2) is 8.09. The SMILES string of the molecule is CCN1CCN(C(=O)N[C@H](c2ccc(C)c(F)c2)C(Cl)(Cl)Cl)CC1. The summed E-state index contributed by atoms with van der Waals surface area (Å²) >= 11 is 18.1. The molecule has 0 unspecified atom stereocenters. The third kappa shape index (κ3) is 4.88. The van der Waals surface area contributed by atoms with Crippen LogP contribution < -0.4 is 5.32 Å². The van der Waals surface area contributed by atoms with Crippen LogP contribution in [0.3, 0.4) is 0 Å². The van der Waals surface area contributed by atoms with Gasteiger partial charge in [0.05, 0.1) is 0 Å². The highest BCUT2D eigenvalue weighted by Crippen LogP contribution is 2.40. The van der Waals surface area contributed by atoms with Gasteiger partial charge >= 0.3 is 6.03 Å². The molecule has 1 aromatic rings. The maximum atomic E-state index is 13.8. The van der Waals surface area contributed by atoms with Crippen molar-refractivity contribution in [2.75, 3.05) is 32.7 Å². The number of hydrogen-bond donors (Lipinski definition) is 1. The number of carbonyl (C=O) groups excluding carboxylic acids is 1. The Morgan fingerprint density at radius 2 is 1.92 bits per heavy atom. The number of rotatable bonds is 3. The summed E-state index contributed by atoms with van der Waals surface area (Å²) in [5, 5.41) is 2.73. The summed E-state index contributed by atoms with van der Waals surface area (Å²) < 4.78 is 12.1. The summed E-state index contributed by atoms with van der Waals surface area (Å²) in [7, 11) is 0. The fourth-order valence-electron chi connectivity index (χ4n) is 2.62. The van der Waals surface area contributed by atoms with Crippen LogP contribution in [-0.4, -0.2) is 52.3 Å². The molecule has 0 radical (unpaired) electrons. The lowest BCUT2D eigenvalue weighted by Gasteiger charge is -2.36. The summed E-state index contributed by atoms with van der Waals surface area (Å²) in [6, 6.07) is 3.29. The van der Waals surface area contributed by atoms with E-state index in [1.165, 1.54) is 6.07 Å². The number of piperazine rings is 1. The number of halogens is 4. The summed E-state index contributed by atoms with van der Waals surface area (Å²) in [4.78, 5) is 16.4. The van der Waals surface area contributed by atoms with Crippen molar-refractivity contribution in [3.05, 3.63) is 35.1 Å². The minimum Gasteiger partial charge on any atom is -0.327 e. The molecule has 8 heteroatoms. The highest BCUT2D eigenvalue weighted by Gasteiger charge is 2.36. The van der Waals surface area contributed by atoms with Crippen LogP contribution in [0.25, 0.3) is 0 Å². The van der Waals surface area contributed by atoms with Crippen LogP contribution in [-0.2, 0) is 0 Å². The highest BCUT2D eigenvalue weighted by atomic mass is 35.6. The van der Waals surface area contributed by atoms with E-state index in [9.17, 15) is 9.18 Å². The second-order valence-corrected chi connectivity index (χ2v) is 8.22. The maximum Gasteiger partial charge on any atom is 0.318 e. The lowest BCUT2D eigenvalue weighted by Crippen LogP contribution is -2.53. The maximum absolute atomic E-state index is 13.8. The molecule has 1 heterocycles. The van der Waals surface area contributed by atoms with Crippen molar-refractivity contribution in [1.82, 2.24) is 15.1 Å². The number of aryl methyl sites for hydroxylation is 1. The second-order valence-electron chi connectivity index (χ2n) is 5.85. The van der Waals surface area contributed by atoms with E-state index >= 15 is 0 Å². The quantitative estimate of drug-likeness (QED) is 0.787. The van der Waals surface area contributed by atoms with Gasteiger partial charge in [-0.2, -0.15) is 0 Å². The van der Waals surface area contributed by atoms with Crippen LogP contribution >= 0.6 is 34.8 Å². The topological polar surface area (TPSA) is 35.6 Å². The Labute approximate surface area is 156 Å². The number of amides is 2. The van der Waals surface area contributed by atoms with Gasteiger partial charge in [-0.1, -0.05) is 53.9 Å². The zero-order valence-corrected chi connectivity index (χ0v) is 15.9. The highest BCUT2D eigenvalue weighted by molar-refractivity contribution is 6.68. The Morgan fingerprint density at radius 3 is 2.42 bits per heavy atom.